The van der Waals surface area contributed by atoms with Crippen LogP contribution < -0.4 is 5.32 Å². The van der Waals surface area contributed by atoms with E-state index in [2.05, 4.69) is 10.3 Å². The van der Waals surface area contributed by atoms with Crippen LogP contribution in [0.3, 0.4) is 0 Å². The third-order valence-electron chi connectivity index (χ3n) is 4.07. The van der Waals surface area contributed by atoms with Crippen LogP contribution in [0.25, 0.3) is 0 Å². The van der Waals surface area contributed by atoms with Crippen LogP contribution in [0.15, 0.2) is 48.8 Å². The zero-order valence-corrected chi connectivity index (χ0v) is 12.9. The summed E-state index contributed by atoms with van der Waals surface area (Å²) in [5, 5.41) is 3.38. The van der Waals surface area contributed by atoms with Gasteiger partial charge in [-0.3, -0.25) is 9.78 Å². The lowest BCUT2D eigenvalue weighted by atomic mass is 10.0. The summed E-state index contributed by atoms with van der Waals surface area (Å²) >= 11 is 0. The van der Waals surface area contributed by atoms with Crippen molar-refractivity contribution in [3.63, 3.8) is 0 Å². The Balaban J connectivity index is 1.57. The number of aromatic nitrogens is 1. The molecule has 0 bridgehead atoms. The molecule has 0 unspecified atom stereocenters. The molecule has 120 valence electrons. The highest BCUT2D eigenvalue weighted by Crippen LogP contribution is 2.17. The van der Waals surface area contributed by atoms with Gasteiger partial charge in [-0.25, -0.2) is 4.39 Å². The summed E-state index contributed by atoms with van der Waals surface area (Å²) in [5.74, 6) is -0.115. The number of hydrogen-bond donors (Lipinski definition) is 1. The number of nitrogens with zero attached hydrogens (tertiary/aromatic N) is 2. The van der Waals surface area contributed by atoms with Gasteiger partial charge in [0.15, 0.2) is 0 Å². The lowest BCUT2D eigenvalue weighted by molar-refractivity contribution is -0.131. The van der Waals surface area contributed by atoms with Gasteiger partial charge >= 0.3 is 0 Å². The number of hydrogen-bond acceptors (Lipinski definition) is 3. The second kappa shape index (κ2) is 7.22. The summed E-state index contributed by atoms with van der Waals surface area (Å²) < 4.78 is 13.0. The molecule has 1 aromatic heterocycles. The molecule has 1 aliphatic heterocycles. The van der Waals surface area contributed by atoms with E-state index in [-0.39, 0.29) is 17.8 Å². The summed E-state index contributed by atoms with van der Waals surface area (Å²) in [4.78, 5) is 18.4. The van der Waals surface area contributed by atoms with Crippen molar-refractivity contribution in [2.75, 3.05) is 18.4 Å². The molecule has 1 amide bonds. The number of rotatable bonds is 4. The summed E-state index contributed by atoms with van der Waals surface area (Å²) in [7, 11) is 0. The SMILES string of the molecule is O=C(Cc1cccnc1)N1CCC[C@@H](Nc2ccc(F)cc2)C1. The number of carbonyl (C=O) groups excluding carboxylic acids is 1. The van der Waals surface area contributed by atoms with E-state index in [4.69, 9.17) is 0 Å². The van der Waals surface area contributed by atoms with Crippen molar-refractivity contribution in [1.29, 1.82) is 0 Å². The Bertz CT molecular complexity index is 645. The predicted octanol–water partition coefficient (Wildman–Crippen LogP) is 2.87. The fourth-order valence-electron chi connectivity index (χ4n) is 2.89. The molecule has 0 aliphatic carbocycles. The molecular weight excluding hydrogens is 293 g/mol. The first-order chi connectivity index (χ1) is 11.2. The third-order valence-corrected chi connectivity index (χ3v) is 4.07. The van der Waals surface area contributed by atoms with E-state index >= 15 is 0 Å². The second-order valence-electron chi connectivity index (χ2n) is 5.87. The summed E-state index contributed by atoms with van der Waals surface area (Å²) in [6, 6.07) is 10.3. The normalized spacial score (nSPS) is 17.8. The number of amides is 1. The molecule has 2 aromatic rings. The fourth-order valence-corrected chi connectivity index (χ4v) is 2.89. The van der Waals surface area contributed by atoms with Crippen molar-refractivity contribution in [2.45, 2.75) is 25.3 Å². The van der Waals surface area contributed by atoms with Gasteiger partial charge in [-0.05, 0) is 48.7 Å². The molecule has 23 heavy (non-hydrogen) atoms. The molecular formula is C18H20FN3O. The van der Waals surface area contributed by atoms with E-state index in [1.54, 1.807) is 24.5 Å². The van der Waals surface area contributed by atoms with Crippen molar-refractivity contribution in [1.82, 2.24) is 9.88 Å². The minimum absolute atomic E-state index is 0.128. The molecule has 1 saturated heterocycles. The summed E-state index contributed by atoms with van der Waals surface area (Å²) in [6.45, 7) is 1.47. The van der Waals surface area contributed by atoms with Crippen LogP contribution in [0.5, 0.6) is 0 Å². The van der Waals surface area contributed by atoms with E-state index in [1.165, 1.54) is 12.1 Å². The smallest absolute Gasteiger partial charge is 0.227 e. The van der Waals surface area contributed by atoms with Crippen LogP contribution in [0.2, 0.25) is 0 Å². The van der Waals surface area contributed by atoms with Crippen molar-refractivity contribution in [3.8, 4) is 0 Å². The van der Waals surface area contributed by atoms with Crippen LogP contribution in [0.1, 0.15) is 18.4 Å². The van der Waals surface area contributed by atoms with Gasteiger partial charge in [-0.15, -0.1) is 0 Å². The minimum atomic E-state index is -0.243. The lowest BCUT2D eigenvalue weighted by Crippen LogP contribution is -2.45. The summed E-state index contributed by atoms with van der Waals surface area (Å²) in [6.07, 6.45) is 5.80. The molecule has 4 nitrogen and oxygen atoms in total. The number of likely N-dealkylation sites (tertiary alicyclic amines) is 1. The molecule has 1 fully saturated rings. The van der Waals surface area contributed by atoms with E-state index in [1.807, 2.05) is 17.0 Å². The molecule has 0 radical (unpaired) electrons. The largest absolute Gasteiger partial charge is 0.381 e. The number of anilines is 1. The van der Waals surface area contributed by atoms with Gasteiger partial charge < -0.3 is 10.2 Å². The maximum atomic E-state index is 13.0. The Morgan fingerprint density at radius 1 is 1.30 bits per heavy atom. The molecule has 1 N–H and O–H groups in total. The first kappa shape index (κ1) is 15.5. The standard InChI is InChI=1S/C18H20FN3O/c19-15-5-7-16(8-6-15)21-17-4-2-10-22(13-17)18(23)11-14-3-1-9-20-12-14/h1,3,5-9,12,17,21H,2,4,10-11,13H2/t17-/m1/s1. The molecule has 2 heterocycles. The Morgan fingerprint density at radius 3 is 2.87 bits per heavy atom. The van der Waals surface area contributed by atoms with Gasteiger partial charge in [0.2, 0.25) is 5.91 Å². The molecule has 1 atom stereocenters. The summed E-state index contributed by atoms with van der Waals surface area (Å²) in [5.41, 5.74) is 1.82. The first-order valence-electron chi connectivity index (χ1n) is 7.89. The molecule has 3 rings (SSSR count). The van der Waals surface area contributed by atoms with E-state index in [0.29, 0.717) is 13.0 Å². The quantitative estimate of drug-likeness (QED) is 0.944. The molecule has 0 saturated carbocycles. The van der Waals surface area contributed by atoms with E-state index < -0.39 is 0 Å². The van der Waals surface area contributed by atoms with Crippen molar-refractivity contribution in [3.05, 3.63) is 60.2 Å². The average Bonchev–Trinajstić information content (AvgIpc) is 2.58. The van der Waals surface area contributed by atoms with Crippen LogP contribution in [0.4, 0.5) is 10.1 Å². The monoisotopic (exact) mass is 313 g/mol. The molecule has 1 aliphatic rings. The van der Waals surface area contributed by atoms with Gasteiger partial charge in [-0.2, -0.15) is 0 Å². The Hall–Kier alpha value is -2.43. The van der Waals surface area contributed by atoms with E-state index in [0.717, 1.165) is 30.6 Å². The minimum Gasteiger partial charge on any atom is -0.381 e. The number of piperidine rings is 1. The van der Waals surface area contributed by atoms with Gasteiger partial charge in [0.25, 0.3) is 0 Å². The van der Waals surface area contributed by atoms with Gasteiger partial charge in [-0.1, -0.05) is 6.07 Å². The van der Waals surface area contributed by atoms with E-state index in [9.17, 15) is 9.18 Å². The molecule has 0 spiro atoms. The van der Waals surface area contributed by atoms with Crippen LogP contribution >= 0.6 is 0 Å². The van der Waals surface area contributed by atoms with Crippen LogP contribution in [-0.2, 0) is 11.2 Å². The maximum absolute atomic E-state index is 13.0. The molecule has 1 aromatic carbocycles. The van der Waals surface area contributed by atoms with Gasteiger partial charge in [0.05, 0.1) is 6.42 Å². The zero-order valence-electron chi connectivity index (χ0n) is 12.9. The van der Waals surface area contributed by atoms with Crippen LogP contribution in [-0.4, -0.2) is 34.9 Å². The Morgan fingerprint density at radius 2 is 2.13 bits per heavy atom. The topological polar surface area (TPSA) is 45.2 Å². The Kier molecular flexibility index (Phi) is 4.86. The number of halogens is 1. The van der Waals surface area contributed by atoms with Crippen molar-refractivity contribution in [2.24, 2.45) is 0 Å². The molecule has 5 heteroatoms. The van der Waals surface area contributed by atoms with Crippen LogP contribution in [0, 0.1) is 5.82 Å². The maximum Gasteiger partial charge on any atom is 0.227 e. The van der Waals surface area contributed by atoms with Crippen molar-refractivity contribution < 1.29 is 9.18 Å². The zero-order chi connectivity index (χ0) is 16.1. The average molecular weight is 313 g/mol. The van der Waals surface area contributed by atoms with Crippen molar-refractivity contribution >= 4 is 11.6 Å². The number of pyridine rings is 1. The number of carbonyl (C=O) groups is 1. The first-order valence-corrected chi connectivity index (χ1v) is 7.89. The predicted molar refractivity (Wildman–Crippen MR) is 87.6 cm³/mol. The second-order valence-corrected chi connectivity index (χ2v) is 5.87. The van der Waals surface area contributed by atoms with Gasteiger partial charge in [0, 0.05) is 37.2 Å². The number of benzene rings is 1. The highest BCUT2D eigenvalue weighted by molar-refractivity contribution is 5.78. The highest BCUT2D eigenvalue weighted by Gasteiger charge is 2.23. The highest BCUT2D eigenvalue weighted by atomic mass is 19.1. The third kappa shape index (κ3) is 4.28. The fraction of sp³-hybridized carbons (Fsp3) is 0.333. The number of nitrogens with one attached hydrogen (secondary N) is 1. The Labute approximate surface area is 135 Å². The lowest BCUT2D eigenvalue weighted by Gasteiger charge is -2.33. The van der Waals surface area contributed by atoms with Gasteiger partial charge in [0.1, 0.15) is 5.82 Å².